The standard InChI is InChI=1S/C16H17ClN2O2/c1-10-9-11(7-8-14(10)21-2)15(16(18)20)19-13-6-4-3-5-12(13)17/h3-9,15,19H,1-2H3,(H2,18,20). The van der Waals surface area contributed by atoms with Crippen molar-refractivity contribution in [3.05, 3.63) is 58.6 Å². The van der Waals surface area contributed by atoms with Gasteiger partial charge in [-0.2, -0.15) is 0 Å². The van der Waals surface area contributed by atoms with Crippen LogP contribution in [0.5, 0.6) is 5.75 Å². The lowest BCUT2D eigenvalue weighted by molar-refractivity contribution is -0.118. The minimum atomic E-state index is -0.658. The molecule has 21 heavy (non-hydrogen) atoms. The fourth-order valence-corrected chi connectivity index (χ4v) is 2.32. The summed E-state index contributed by atoms with van der Waals surface area (Å²) in [5.41, 5.74) is 7.87. The molecule has 2 aromatic carbocycles. The van der Waals surface area contributed by atoms with E-state index in [0.29, 0.717) is 10.7 Å². The number of carbonyl (C=O) groups excluding carboxylic acids is 1. The molecule has 2 rings (SSSR count). The van der Waals surface area contributed by atoms with Gasteiger partial charge in [0.2, 0.25) is 5.91 Å². The van der Waals surface area contributed by atoms with E-state index < -0.39 is 11.9 Å². The number of methoxy groups -OCH3 is 1. The number of benzene rings is 2. The summed E-state index contributed by atoms with van der Waals surface area (Å²) in [6.45, 7) is 1.91. The van der Waals surface area contributed by atoms with Crippen LogP contribution in [0, 0.1) is 6.92 Å². The molecule has 1 atom stereocenters. The molecular formula is C16H17ClN2O2. The van der Waals surface area contributed by atoms with Crippen LogP contribution < -0.4 is 15.8 Å². The summed E-state index contributed by atoms with van der Waals surface area (Å²) in [6, 6.07) is 12.1. The van der Waals surface area contributed by atoms with Crippen LogP contribution in [0.2, 0.25) is 5.02 Å². The number of nitrogens with two attached hydrogens (primary N) is 1. The molecule has 0 radical (unpaired) electrons. The van der Waals surface area contributed by atoms with Crippen LogP contribution in [0.1, 0.15) is 17.2 Å². The van der Waals surface area contributed by atoms with Crippen LogP contribution in [0.4, 0.5) is 5.69 Å². The van der Waals surface area contributed by atoms with Gasteiger partial charge in [0.05, 0.1) is 17.8 Å². The molecule has 0 aromatic heterocycles. The Labute approximate surface area is 128 Å². The van der Waals surface area contributed by atoms with Crippen molar-refractivity contribution in [2.45, 2.75) is 13.0 Å². The predicted octanol–water partition coefficient (Wildman–Crippen LogP) is 3.30. The highest BCUT2D eigenvalue weighted by atomic mass is 35.5. The van der Waals surface area contributed by atoms with Gasteiger partial charge in [0.15, 0.2) is 0 Å². The van der Waals surface area contributed by atoms with Gasteiger partial charge in [0.25, 0.3) is 0 Å². The second-order valence-corrected chi connectivity index (χ2v) is 5.10. The lowest BCUT2D eigenvalue weighted by Gasteiger charge is -2.19. The molecule has 1 amide bonds. The summed E-state index contributed by atoms with van der Waals surface area (Å²) in [4.78, 5) is 11.8. The largest absolute Gasteiger partial charge is 0.496 e. The van der Waals surface area contributed by atoms with Crippen molar-refractivity contribution in [2.75, 3.05) is 12.4 Å². The molecule has 0 bridgehead atoms. The molecule has 0 spiro atoms. The van der Waals surface area contributed by atoms with Crippen LogP contribution in [-0.2, 0) is 4.79 Å². The number of ether oxygens (including phenoxy) is 1. The number of para-hydroxylation sites is 1. The zero-order valence-corrected chi connectivity index (χ0v) is 12.6. The van der Waals surface area contributed by atoms with E-state index in [9.17, 15) is 4.79 Å². The monoisotopic (exact) mass is 304 g/mol. The molecule has 2 aromatic rings. The summed E-state index contributed by atoms with van der Waals surface area (Å²) in [7, 11) is 1.61. The first kappa shape index (κ1) is 15.2. The lowest BCUT2D eigenvalue weighted by Crippen LogP contribution is -2.27. The molecule has 0 fully saturated rings. The summed E-state index contributed by atoms with van der Waals surface area (Å²) < 4.78 is 5.22. The Morgan fingerprint density at radius 2 is 2.00 bits per heavy atom. The Hall–Kier alpha value is -2.20. The molecule has 0 saturated carbocycles. The molecule has 0 aliphatic carbocycles. The Kier molecular flexibility index (Phi) is 4.70. The fraction of sp³-hybridized carbons (Fsp3) is 0.188. The average Bonchev–Trinajstić information content (AvgIpc) is 2.46. The van der Waals surface area contributed by atoms with Gasteiger partial charge in [0.1, 0.15) is 11.8 Å². The van der Waals surface area contributed by atoms with Crippen LogP contribution in [-0.4, -0.2) is 13.0 Å². The molecule has 110 valence electrons. The molecule has 4 nitrogen and oxygen atoms in total. The Balaban J connectivity index is 2.34. The number of hydrogen-bond donors (Lipinski definition) is 2. The molecule has 1 unspecified atom stereocenters. The second-order valence-electron chi connectivity index (χ2n) is 4.69. The SMILES string of the molecule is COc1ccc(C(Nc2ccccc2Cl)C(N)=O)cc1C. The zero-order valence-electron chi connectivity index (χ0n) is 11.9. The van der Waals surface area contributed by atoms with Crippen LogP contribution in [0.15, 0.2) is 42.5 Å². The Morgan fingerprint density at radius 1 is 1.29 bits per heavy atom. The normalized spacial score (nSPS) is 11.8. The van der Waals surface area contributed by atoms with Gasteiger partial charge in [-0.1, -0.05) is 29.8 Å². The van der Waals surface area contributed by atoms with Crippen molar-refractivity contribution in [3.8, 4) is 5.75 Å². The number of nitrogens with one attached hydrogen (secondary N) is 1. The van der Waals surface area contributed by atoms with Crippen molar-refractivity contribution >= 4 is 23.2 Å². The summed E-state index contributed by atoms with van der Waals surface area (Å²) >= 11 is 6.10. The first-order chi connectivity index (χ1) is 10.0. The van der Waals surface area contributed by atoms with E-state index in [1.165, 1.54) is 0 Å². The second kappa shape index (κ2) is 6.50. The Morgan fingerprint density at radius 3 is 2.57 bits per heavy atom. The predicted molar refractivity (Wildman–Crippen MR) is 84.7 cm³/mol. The summed E-state index contributed by atoms with van der Waals surface area (Å²) in [5.74, 6) is 0.291. The third-order valence-corrected chi connectivity index (χ3v) is 3.54. The number of anilines is 1. The summed E-state index contributed by atoms with van der Waals surface area (Å²) in [5, 5.41) is 3.62. The van der Waals surface area contributed by atoms with Gasteiger partial charge in [-0.05, 0) is 42.3 Å². The summed E-state index contributed by atoms with van der Waals surface area (Å²) in [6.07, 6.45) is 0. The van der Waals surface area contributed by atoms with E-state index in [-0.39, 0.29) is 0 Å². The average molecular weight is 305 g/mol. The van der Waals surface area contributed by atoms with E-state index in [2.05, 4.69) is 5.32 Å². The highest BCUT2D eigenvalue weighted by Gasteiger charge is 2.19. The maximum Gasteiger partial charge on any atom is 0.244 e. The molecule has 3 N–H and O–H groups in total. The fourth-order valence-electron chi connectivity index (χ4n) is 2.13. The van der Waals surface area contributed by atoms with E-state index in [0.717, 1.165) is 16.9 Å². The molecule has 0 heterocycles. The molecule has 0 aliphatic rings. The van der Waals surface area contributed by atoms with Crippen LogP contribution in [0.25, 0.3) is 0 Å². The van der Waals surface area contributed by atoms with Gasteiger partial charge >= 0.3 is 0 Å². The quantitative estimate of drug-likeness (QED) is 0.891. The zero-order chi connectivity index (χ0) is 15.4. The van der Waals surface area contributed by atoms with Crippen molar-refractivity contribution in [1.82, 2.24) is 0 Å². The number of halogens is 1. The van der Waals surface area contributed by atoms with Crippen LogP contribution >= 0.6 is 11.6 Å². The number of primary amides is 1. The van der Waals surface area contributed by atoms with Crippen molar-refractivity contribution in [2.24, 2.45) is 5.73 Å². The van der Waals surface area contributed by atoms with E-state index in [1.807, 2.05) is 37.3 Å². The van der Waals surface area contributed by atoms with Gasteiger partial charge in [-0.3, -0.25) is 4.79 Å². The minimum absolute atomic E-state index is 0.473. The molecular weight excluding hydrogens is 288 g/mol. The lowest BCUT2D eigenvalue weighted by atomic mass is 10.0. The van der Waals surface area contributed by atoms with E-state index in [4.69, 9.17) is 22.1 Å². The van der Waals surface area contributed by atoms with Crippen molar-refractivity contribution in [3.63, 3.8) is 0 Å². The minimum Gasteiger partial charge on any atom is -0.496 e. The number of aryl methyl sites for hydroxylation is 1. The van der Waals surface area contributed by atoms with Crippen LogP contribution in [0.3, 0.4) is 0 Å². The maximum atomic E-state index is 11.8. The van der Waals surface area contributed by atoms with Gasteiger partial charge < -0.3 is 15.8 Å². The third kappa shape index (κ3) is 3.47. The third-order valence-electron chi connectivity index (χ3n) is 3.21. The van der Waals surface area contributed by atoms with E-state index in [1.54, 1.807) is 19.2 Å². The molecule has 5 heteroatoms. The van der Waals surface area contributed by atoms with Gasteiger partial charge in [0, 0.05) is 0 Å². The molecule has 0 aliphatic heterocycles. The van der Waals surface area contributed by atoms with Crippen molar-refractivity contribution in [1.29, 1.82) is 0 Å². The number of hydrogen-bond acceptors (Lipinski definition) is 3. The molecule has 0 saturated heterocycles. The topological polar surface area (TPSA) is 64.3 Å². The first-order valence-electron chi connectivity index (χ1n) is 6.48. The van der Waals surface area contributed by atoms with E-state index >= 15 is 0 Å². The van der Waals surface area contributed by atoms with Crippen molar-refractivity contribution < 1.29 is 9.53 Å². The maximum absolute atomic E-state index is 11.8. The number of rotatable bonds is 5. The van der Waals surface area contributed by atoms with Gasteiger partial charge in [-0.25, -0.2) is 0 Å². The van der Waals surface area contributed by atoms with Gasteiger partial charge in [-0.15, -0.1) is 0 Å². The Bertz CT molecular complexity index is 658. The number of amides is 1. The highest BCUT2D eigenvalue weighted by Crippen LogP contribution is 2.28. The smallest absolute Gasteiger partial charge is 0.244 e. The number of carbonyl (C=O) groups is 1. The highest BCUT2D eigenvalue weighted by molar-refractivity contribution is 6.33. The first-order valence-corrected chi connectivity index (χ1v) is 6.85.